The number of anilines is 1. The molecule has 0 aliphatic rings. The van der Waals surface area contributed by atoms with E-state index in [2.05, 4.69) is 25.9 Å². The number of rotatable bonds is 7. The van der Waals surface area contributed by atoms with Gasteiger partial charge in [0.15, 0.2) is 5.82 Å². The summed E-state index contributed by atoms with van der Waals surface area (Å²) >= 11 is 0. The van der Waals surface area contributed by atoms with Gasteiger partial charge in [0.2, 0.25) is 5.89 Å². The molecule has 2 amide bonds. The normalized spacial score (nSPS) is 10.8. The van der Waals surface area contributed by atoms with Crippen molar-refractivity contribution in [1.82, 2.24) is 25.2 Å². The first-order valence-electron chi connectivity index (χ1n) is 7.42. The Morgan fingerprint density at radius 2 is 2.22 bits per heavy atom. The summed E-state index contributed by atoms with van der Waals surface area (Å²) in [4.78, 5) is 16.1. The summed E-state index contributed by atoms with van der Waals surface area (Å²) in [5, 5.41) is 13.7. The zero-order chi connectivity index (χ0) is 16.8. The first kappa shape index (κ1) is 16.9. The van der Waals surface area contributed by atoms with E-state index in [0.29, 0.717) is 37.1 Å². The highest BCUT2D eigenvalue weighted by Gasteiger charge is 2.13. The van der Waals surface area contributed by atoms with Crippen LogP contribution in [0.15, 0.2) is 4.52 Å². The lowest BCUT2D eigenvalue weighted by Crippen LogP contribution is -2.31. The van der Waals surface area contributed by atoms with E-state index < -0.39 is 0 Å². The van der Waals surface area contributed by atoms with E-state index in [1.807, 2.05) is 13.8 Å². The minimum absolute atomic E-state index is 0.296. The van der Waals surface area contributed by atoms with E-state index in [1.54, 1.807) is 18.8 Å². The van der Waals surface area contributed by atoms with Gasteiger partial charge >= 0.3 is 6.03 Å². The first-order chi connectivity index (χ1) is 11.0. The number of aryl methyl sites for hydroxylation is 2. The fourth-order valence-corrected chi connectivity index (χ4v) is 2.21. The first-order valence-corrected chi connectivity index (χ1v) is 7.42. The Labute approximate surface area is 134 Å². The molecule has 2 heterocycles. The third-order valence-corrected chi connectivity index (χ3v) is 3.36. The van der Waals surface area contributed by atoms with Gasteiger partial charge in [0, 0.05) is 32.7 Å². The number of urea groups is 1. The zero-order valence-electron chi connectivity index (χ0n) is 13.8. The third-order valence-electron chi connectivity index (χ3n) is 3.36. The third kappa shape index (κ3) is 4.28. The van der Waals surface area contributed by atoms with E-state index in [4.69, 9.17) is 9.26 Å². The fourth-order valence-electron chi connectivity index (χ4n) is 2.21. The van der Waals surface area contributed by atoms with Crippen molar-refractivity contribution < 1.29 is 14.1 Å². The lowest BCUT2D eigenvalue weighted by molar-refractivity contribution is 0.174. The Morgan fingerprint density at radius 1 is 1.43 bits per heavy atom. The van der Waals surface area contributed by atoms with Gasteiger partial charge in [-0.2, -0.15) is 10.1 Å². The summed E-state index contributed by atoms with van der Waals surface area (Å²) in [5.74, 6) is 1.64. The van der Waals surface area contributed by atoms with Crippen LogP contribution >= 0.6 is 0 Å². The van der Waals surface area contributed by atoms with E-state index in [9.17, 15) is 4.79 Å². The van der Waals surface area contributed by atoms with Crippen LogP contribution in [0.5, 0.6) is 0 Å². The van der Waals surface area contributed by atoms with Crippen molar-refractivity contribution >= 4 is 11.8 Å². The van der Waals surface area contributed by atoms with Crippen molar-refractivity contribution in [2.45, 2.75) is 33.3 Å². The quantitative estimate of drug-likeness (QED) is 0.793. The molecule has 0 spiro atoms. The minimum Gasteiger partial charge on any atom is -0.377 e. The molecule has 126 valence electrons. The average molecular weight is 322 g/mol. The topological polar surface area (TPSA) is 107 Å². The van der Waals surface area contributed by atoms with Crippen molar-refractivity contribution in [3.8, 4) is 0 Å². The van der Waals surface area contributed by atoms with E-state index >= 15 is 0 Å². The second-order valence-corrected chi connectivity index (χ2v) is 5.07. The Kier molecular flexibility index (Phi) is 5.69. The van der Waals surface area contributed by atoms with Crippen LogP contribution in [-0.4, -0.2) is 39.6 Å². The molecule has 2 rings (SSSR count). The van der Waals surface area contributed by atoms with Crippen LogP contribution in [-0.2, 0) is 31.2 Å². The average Bonchev–Trinajstić information content (AvgIpc) is 3.07. The second-order valence-electron chi connectivity index (χ2n) is 5.07. The van der Waals surface area contributed by atoms with Gasteiger partial charge in [-0.1, -0.05) is 12.1 Å². The lowest BCUT2D eigenvalue weighted by atomic mass is 10.2. The maximum Gasteiger partial charge on any atom is 0.320 e. The number of hydrogen-bond donors (Lipinski definition) is 2. The molecule has 2 N–H and O–H groups in total. The van der Waals surface area contributed by atoms with Crippen molar-refractivity contribution in [2.24, 2.45) is 7.05 Å². The fraction of sp³-hybridized carbons (Fsp3) is 0.571. The monoisotopic (exact) mass is 322 g/mol. The Morgan fingerprint density at radius 3 is 2.87 bits per heavy atom. The molecule has 0 saturated carbocycles. The van der Waals surface area contributed by atoms with Crippen molar-refractivity contribution in [3.05, 3.63) is 23.0 Å². The highest BCUT2D eigenvalue weighted by Crippen LogP contribution is 2.17. The largest absolute Gasteiger partial charge is 0.377 e. The summed E-state index contributed by atoms with van der Waals surface area (Å²) in [6.45, 7) is 4.66. The van der Waals surface area contributed by atoms with Gasteiger partial charge in [-0.15, -0.1) is 0 Å². The van der Waals surface area contributed by atoms with Gasteiger partial charge in [0.05, 0.1) is 5.69 Å². The van der Waals surface area contributed by atoms with Crippen LogP contribution in [0.2, 0.25) is 0 Å². The number of aromatic nitrogens is 4. The van der Waals surface area contributed by atoms with Crippen molar-refractivity contribution in [3.63, 3.8) is 0 Å². The van der Waals surface area contributed by atoms with E-state index in [1.165, 1.54) is 0 Å². The predicted molar refractivity (Wildman–Crippen MR) is 83.1 cm³/mol. The molecule has 0 bridgehead atoms. The molecule has 0 aliphatic heterocycles. The molecule has 0 aliphatic carbocycles. The van der Waals surface area contributed by atoms with Gasteiger partial charge in [0.25, 0.3) is 0 Å². The van der Waals surface area contributed by atoms with Gasteiger partial charge < -0.3 is 14.6 Å². The summed E-state index contributed by atoms with van der Waals surface area (Å²) in [7, 11) is 3.36. The van der Waals surface area contributed by atoms with Crippen molar-refractivity contribution in [2.75, 3.05) is 19.0 Å². The Hall–Kier alpha value is -2.42. The van der Waals surface area contributed by atoms with Crippen molar-refractivity contribution in [1.29, 1.82) is 0 Å². The summed E-state index contributed by atoms with van der Waals surface area (Å²) in [6.07, 6.45) is 1.28. The number of nitrogens with one attached hydrogen (secondary N) is 2. The molecule has 2 aromatic heterocycles. The summed E-state index contributed by atoms with van der Waals surface area (Å²) in [6, 6.07) is -0.296. The molecular formula is C14H22N6O3. The molecule has 0 fully saturated rings. The molecule has 2 aromatic rings. The number of methoxy groups -OCH3 is 1. The SMILES string of the molecule is CCc1nn(C)c(NC(=O)NCCc2nc(COC)no2)c1C. The number of amides is 2. The molecule has 0 radical (unpaired) electrons. The van der Waals surface area contributed by atoms with Gasteiger partial charge in [-0.05, 0) is 13.3 Å². The molecule has 9 heteroatoms. The smallest absolute Gasteiger partial charge is 0.320 e. The molecule has 9 nitrogen and oxygen atoms in total. The molecule has 0 saturated heterocycles. The van der Waals surface area contributed by atoms with Crippen LogP contribution in [0.1, 0.15) is 29.9 Å². The molecule has 0 atom stereocenters. The van der Waals surface area contributed by atoms with Gasteiger partial charge in [0.1, 0.15) is 12.4 Å². The van der Waals surface area contributed by atoms with Gasteiger partial charge in [-0.3, -0.25) is 10.00 Å². The Bertz CT molecular complexity index is 664. The van der Waals surface area contributed by atoms with Crippen LogP contribution in [0.3, 0.4) is 0 Å². The molecule has 23 heavy (non-hydrogen) atoms. The molecule has 0 aromatic carbocycles. The second kappa shape index (κ2) is 7.73. The van der Waals surface area contributed by atoms with Crippen LogP contribution in [0.4, 0.5) is 10.6 Å². The number of hydrogen-bond acceptors (Lipinski definition) is 6. The highest BCUT2D eigenvalue weighted by molar-refractivity contribution is 5.89. The van der Waals surface area contributed by atoms with Crippen LogP contribution < -0.4 is 10.6 Å². The van der Waals surface area contributed by atoms with E-state index in [-0.39, 0.29) is 6.03 Å². The Balaban J connectivity index is 1.82. The maximum absolute atomic E-state index is 12.0. The molecular weight excluding hydrogens is 300 g/mol. The predicted octanol–water partition coefficient (Wildman–Crippen LogP) is 1.18. The number of ether oxygens (including phenoxy) is 1. The number of carbonyl (C=O) groups excluding carboxylic acids is 1. The summed E-state index contributed by atoms with van der Waals surface area (Å²) < 4.78 is 11.6. The van der Waals surface area contributed by atoms with Gasteiger partial charge in [-0.25, -0.2) is 4.79 Å². The number of nitrogens with zero attached hydrogens (tertiary/aromatic N) is 4. The highest BCUT2D eigenvalue weighted by atomic mass is 16.5. The standard InChI is InChI=1S/C14H22N6O3/c1-5-10-9(2)13(20(3)18-10)17-14(21)15-7-6-12-16-11(8-22-4)19-23-12/h5-8H2,1-4H3,(H2,15,17,21). The maximum atomic E-state index is 12.0. The summed E-state index contributed by atoms with van der Waals surface area (Å²) in [5.41, 5.74) is 1.95. The number of carbonyl (C=O) groups is 1. The van der Waals surface area contributed by atoms with E-state index in [0.717, 1.165) is 17.7 Å². The van der Waals surface area contributed by atoms with Crippen LogP contribution in [0, 0.1) is 6.92 Å². The van der Waals surface area contributed by atoms with Crippen LogP contribution in [0.25, 0.3) is 0 Å². The zero-order valence-corrected chi connectivity index (χ0v) is 13.8. The minimum atomic E-state index is -0.296. The lowest BCUT2D eigenvalue weighted by Gasteiger charge is -2.07. The molecule has 0 unspecified atom stereocenters.